The van der Waals surface area contributed by atoms with Gasteiger partial charge in [0.05, 0.1) is 0 Å². The second-order valence-electron chi connectivity index (χ2n) is 5.76. The fourth-order valence-corrected chi connectivity index (χ4v) is 3.40. The van der Waals surface area contributed by atoms with Crippen LogP contribution in [0.15, 0.2) is 60.7 Å². The van der Waals surface area contributed by atoms with Gasteiger partial charge >= 0.3 is 0 Å². The Morgan fingerprint density at radius 3 is 2.05 bits per heavy atom. The SMILES string of the molecule is CC[C@@H]1CC[C@@H](c2ccccc2)N[C@H]1c1ccccc1. The quantitative estimate of drug-likeness (QED) is 0.834. The summed E-state index contributed by atoms with van der Waals surface area (Å²) in [6.45, 7) is 2.31. The number of benzene rings is 2. The molecule has 1 aliphatic heterocycles. The van der Waals surface area contributed by atoms with Crippen LogP contribution in [0.25, 0.3) is 0 Å². The highest BCUT2D eigenvalue weighted by Gasteiger charge is 2.30. The molecule has 0 aliphatic carbocycles. The third-order valence-corrected chi connectivity index (χ3v) is 4.56. The molecule has 2 aromatic rings. The van der Waals surface area contributed by atoms with Crippen LogP contribution in [0.4, 0.5) is 0 Å². The number of nitrogens with one attached hydrogen (secondary N) is 1. The highest BCUT2D eigenvalue weighted by molar-refractivity contribution is 5.24. The molecule has 3 rings (SSSR count). The molecule has 104 valence electrons. The molecule has 1 nitrogen and oxygen atoms in total. The van der Waals surface area contributed by atoms with Gasteiger partial charge in [0.25, 0.3) is 0 Å². The minimum Gasteiger partial charge on any atom is -0.303 e. The van der Waals surface area contributed by atoms with Crippen molar-refractivity contribution in [2.24, 2.45) is 5.92 Å². The van der Waals surface area contributed by atoms with E-state index in [1.165, 1.54) is 30.4 Å². The van der Waals surface area contributed by atoms with E-state index in [1.807, 2.05) is 0 Å². The summed E-state index contributed by atoms with van der Waals surface area (Å²) in [5.41, 5.74) is 2.85. The van der Waals surface area contributed by atoms with E-state index >= 15 is 0 Å². The van der Waals surface area contributed by atoms with Gasteiger partial charge in [-0.15, -0.1) is 0 Å². The van der Waals surface area contributed by atoms with Gasteiger partial charge in [-0.2, -0.15) is 0 Å². The fraction of sp³-hybridized carbons (Fsp3) is 0.368. The third kappa shape index (κ3) is 2.78. The molecule has 0 amide bonds. The molecule has 0 spiro atoms. The first kappa shape index (κ1) is 13.4. The molecule has 1 heteroatoms. The lowest BCUT2D eigenvalue weighted by molar-refractivity contribution is 0.228. The Bertz CT molecular complexity index is 520. The second-order valence-corrected chi connectivity index (χ2v) is 5.76. The first-order valence-electron chi connectivity index (χ1n) is 7.74. The Hall–Kier alpha value is -1.60. The minimum absolute atomic E-state index is 0.486. The Labute approximate surface area is 122 Å². The van der Waals surface area contributed by atoms with Crippen molar-refractivity contribution >= 4 is 0 Å². The molecule has 0 radical (unpaired) electrons. The van der Waals surface area contributed by atoms with Crippen molar-refractivity contribution in [1.82, 2.24) is 5.32 Å². The normalized spacial score (nSPS) is 26.4. The highest BCUT2D eigenvalue weighted by atomic mass is 15.0. The molecule has 0 saturated carbocycles. The average Bonchev–Trinajstić information content (AvgIpc) is 2.56. The molecule has 0 bridgehead atoms. The lowest BCUT2D eigenvalue weighted by Crippen LogP contribution is -2.36. The lowest BCUT2D eigenvalue weighted by atomic mass is 9.80. The molecule has 1 fully saturated rings. The summed E-state index contributed by atoms with van der Waals surface area (Å²) in [7, 11) is 0. The average molecular weight is 265 g/mol. The van der Waals surface area contributed by atoms with Crippen LogP contribution in [0.2, 0.25) is 0 Å². The molecular formula is C19H23N. The van der Waals surface area contributed by atoms with Crippen molar-refractivity contribution in [3.05, 3.63) is 71.8 Å². The largest absolute Gasteiger partial charge is 0.303 e. The standard InChI is InChI=1S/C19H23N/c1-2-15-13-14-18(16-9-5-3-6-10-16)20-19(15)17-11-7-4-8-12-17/h3-12,15,18-20H,2,13-14H2,1H3/t15-,18+,19-/m1/s1. The molecule has 0 aromatic heterocycles. The van der Waals surface area contributed by atoms with Crippen molar-refractivity contribution in [2.45, 2.75) is 38.3 Å². The van der Waals surface area contributed by atoms with Gasteiger partial charge in [0.15, 0.2) is 0 Å². The first-order valence-corrected chi connectivity index (χ1v) is 7.74. The second kappa shape index (κ2) is 6.23. The van der Waals surface area contributed by atoms with E-state index in [0.717, 1.165) is 5.92 Å². The smallest absolute Gasteiger partial charge is 0.0353 e. The van der Waals surface area contributed by atoms with E-state index in [4.69, 9.17) is 0 Å². The maximum Gasteiger partial charge on any atom is 0.0353 e. The van der Waals surface area contributed by atoms with Gasteiger partial charge < -0.3 is 5.32 Å². The van der Waals surface area contributed by atoms with E-state index in [1.54, 1.807) is 0 Å². The van der Waals surface area contributed by atoms with E-state index in [0.29, 0.717) is 12.1 Å². The number of hydrogen-bond acceptors (Lipinski definition) is 1. The van der Waals surface area contributed by atoms with Crippen molar-refractivity contribution in [3.63, 3.8) is 0 Å². The Morgan fingerprint density at radius 2 is 1.45 bits per heavy atom. The molecule has 0 unspecified atom stereocenters. The van der Waals surface area contributed by atoms with Gasteiger partial charge in [-0.1, -0.05) is 74.0 Å². The van der Waals surface area contributed by atoms with E-state index < -0.39 is 0 Å². The van der Waals surface area contributed by atoms with Gasteiger partial charge in [0.2, 0.25) is 0 Å². The maximum atomic E-state index is 3.89. The summed E-state index contributed by atoms with van der Waals surface area (Å²) < 4.78 is 0. The Kier molecular flexibility index (Phi) is 4.17. The zero-order valence-corrected chi connectivity index (χ0v) is 12.1. The van der Waals surface area contributed by atoms with Crippen molar-refractivity contribution in [2.75, 3.05) is 0 Å². The number of hydrogen-bond donors (Lipinski definition) is 1. The predicted octanol–water partition coefficient (Wildman–Crippen LogP) is 4.88. The van der Waals surface area contributed by atoms with Crippen molar-refractivity contribution in [3.8, 4) is 0 Å². The van der Waals surface area contributed by atoms with Gasteiger partial charge in [-0.3, -0.25) is 0 Å². The maximum absolute atomic E-state index is 3.89. The van der Waals surface area contributed by atoms with E-state index in [-0.39, 0.29) is 0 Å². The molecule has 1 aliphatic rings. The van der Waals surface area contributed by atoms with Crippen LogP contribution in [0.1, 0.15) is 49.4 Å². The van der Waals surface area contributed by atoms with Crippen LogP contribution in [0, 0.1) is 5.92 Å². The third-order valence-electron chi connectivity index (χ3n) is 4.56. The molecular weight excluding hydrogens is 242 g/mol. The summed E-state index contributed by atoms with van der Waals surface area (Å²) in [6, 6.07) is 22.7. The summed E-state index contributed by atoms with van der Waals surface area (Å²) in [6.07, 6.45) is 3.79. The molecule has 3 atom stereocenters. The Balaban J connectivity index is 1.83. The van der Waals surface area contributed by atoms with Crippen LogP contribution >= 0.6 is 0 Å². The van der Waals surface area contributed by atoms with E-state index in [2.05, 4.69) is 72.9 Å². The summed E-state index contributed by atoms with van der Waals surface area (Å²) in [4.78, 5) is 0. The minimum atomic E-state index is 0.486. The van der Waals surface area contributed by atoms with Crippen LogP contribution < -0.4 is 5.32 Å². The zero-order chi connectivity index (χ0) is 13.8. The van der Waals surface area contributed by atoms with Gasteiger partial charge in [0.1, 0.15) is 0 Å². The lowest BCUT2D eigenvalue weighted by Gasteiger charge is -2.38. The fourth-order valence-electron chi connectivity index (χ4n) is 3.40. The van der Waals surface area contributed by atoms with Crippen LogP contribution in [-0.4, -0.2) is 0 Å². The molecule has 1 N–H and O–H groups in total. The molecule has 2 aromatic carbocycles. The monoisotopic (exact) mass is 265 g/mol. The first-order chi connectivity index (χ1) is 9.88. The van der Waals surface area contributed by atoms with Crippen molar-refractivity contribution < 1.29 is 0 Å². The highest BCUT2D eigenvalue weighted by Crippen LogP contribution is 2.38. The predicted molar refractivity (Wildman–Crippen MR) is 84.5 cm³/mol. The van der Waals surface area contributed by atoms with Crippen LogP contribution in [0.5, 0.6) is 0 Å². The molecule has 1 saturated heterocycles. The van der Waals surface area contributed by atoms with Gasteiger partial charge in [-0.25, -0.2) is 0 Å². The molecule has 20 heavy (non-hydrogen) atoms. The van der Waals surface area contributed by atoms with E-state index in [9.17, 15) is 0 Å². The van der Waals surface area contributed by atoms with Gasteiger partial charge in [-0.05, 0) is 29.9 Å². The zero-order valence-electron chi connectivity index (χ0n) is 12.1. The Morgan fingerprint density at radius 1 is 0.850 bits per heavy atom. The summed E-state index contributed by atoms with van der Waals surface area (Å²) >= 11 is 0. The topological polar surface area (TPSA) is 12.0 Å². The summed E-state index contributed by atoms with van der Waals surface area (Å²) in [5, 5.41) is 3.89. The van der Waals surface area contributed by atoms with Crippen LogP contribution in [-0.2, 0) is 0 Å². The van der Waals surface area contributed by atoms with Gasteiger partial charge in [0, 0.05) is 12.1 Å². The van der Waals surface area contributed by atoms with Crippen molar-refractivity contribution in [1.29, 1.82) is 0 Å². The number of rotatable bonds is 3. The number of piperidine rings is 1. The molecule has 1 heterocycles. The summed E-state index contributed by atoms with van der Waals surface area (Å²) in [5.74, 6) is 0.748. The van der Waals surface area contributed by atoms with Crippen LogP contribution in [0.3, 0.4) is 0 Å².